The van der Waals surface area contributed by atoms with Crippen LogP contribution in [0.2, 0.25) is 0 Å². The molecule has 6 nitrogen and oxygen atoms in total. The Morgan fingerprint density at radius 3 is 2.36 bits per heavy atom. The van der Waals surface area contributed by atoms with Crippen LogP contribution in [-0.4, -0.2) is 14.8 Å². The van der Waals surface area contributed by atoms with Crippen LogP contribution in [-0.2, 0) is 6.54 Å². The molecule has 0 aliphatic rings. The molecule has 2 aromatic carbocycles. The summed E-state index contributed by atoms with van der Waals surface area (Å²) in [4.78, 5) is 26.2. The number of aromatic amines is 1. The Morgan fingerprint density at radius 2 is 1.68 bits per heavy atom. The average Bonchev–Trinajstić information content (AvgIpc) is 2.53. The summed E-state index contributed by atoms with van der Waals surface area (Å²) in [6, 6.07) is 16.2. The normalized spacial score (nSPS) is 10.5. The summed E-state index contributed by atoms with van der Waals surface area (Å²) in [6.45, 7) is 0.260. The molecular formula is C16H14N4O2. The topological polar surface area (TPSA) is 93.8 Å². The molecule has 0 amide bonds. The van der Waals surface area contributed by atoms with Gasteiger partial charge in [0, 0.05) is 11.3 Å². The zero-order chi connectivity index (χ0) is 15.5. The van der Waals surface area contributed by atoms with E-state index < -0.39 is 11.2 Å². The van der Waals surface area contributed by atoms with Crippen LogP contribution in [0.15, 0.2) is 64.2 Å². The van der Waals surface area contributed by atoms with Gasteiger partial charge in [0.25, 0.3) is 5.56 Å². The number of nitrogens with zero attached hydrogens (tertiary/aromatic N) is 2. The molecule has 110 valence electrons. The van der Waals surface area contributed by atoms with E-state index in [1.807, 2.05) is 30.3 Å². The van der Waals surface area contributed by atoms with E-state index in [4.69, 9.17) is 5.73 Å². The van der Waals surface area contributed by atoms with Crippen molar-refractivity contribution in [1.29, 1.82) is 0 Å². The summed E-state index contributed by atoms with van der Waals surface area (Å²) in [5, 5.41) is 4.19. The second-order valence-corrected chi connectivity index (χ2v) is 4.87. The smallest absolute Gasteiger partial charge is 0.345 e. The van der Waals surface area contributed by atoms with E-state index >= 15 is 0 Å². The molecule has 0 fully saturated rings. The summed E-state index contributed by atoms with van der Waals surface area (Å²) in [5.41, 5.74) is 7.00. The standard InChI is InChI=1S/C16H14N4O2/c17-13-8-6-11(7-9-13)10-20-16(22)18-15(21)14(19-20)12-4-2-1-3-5-12/h1-9H,10,17H2,(H,18,21,22). The first kappa shape index (κ1) is 13.8. The number of hydrogen-bond acceptors (Lipinski definition) is 4. The molecule has 0 aliphatic heterocycles. The molecule has 3 rings (SSSR count). The van der Waals surface area contributed by atoms with Gasteiger partial charge in [-0.15, -0.1) is 0 Å². The van der Waals surface area contributed by atoms with E-state index in [0.29, 0.717) is 11.3 Å². The van der Waals surface area contributed by atoms with E-state index in [2.05, 4.69) is 10.1 Å². The van der Waals surface area contributed by atoms with Gasteiger partial charge in [-0.05, 0) is 17.7 Å². The van der Waals surface area contributed by atoms with Crippen LogP contribution in [0.3, 0.4) is 0 Å². The number of nitrogens with two attached hydrogens (primary N) is 1. The van der Waals surface area contributed by atoms with E-state index in [-0.39, 0.29) is 12.2 Å². The van der Waals surface area contributed by atoms with Crippen molar-refractivity contribution in [1.82, 2.24) is 14.8 Å². The number of rotatable bonds is 3. The lowest BCUT2D eigenvalue weighted by Gasteiger charge is -2.07. The highest BCUT2D eigenvalue weighted by atomic mass is 16.2. The molecule has 6 heteroatoms. The fraction of sp³-hybridized carbons (Fsp3) is 0.0625. The maximum atomic E-state index is 11.9. The first-order chi connectivity index (χ1) is 10.6. The van der Waals surface area contributed by atoms with Gasteiger partial charge in [-0.25, -0.2) is 9.48 Å². The van der Waals surface area contributed by atoms with Crippen LogP contribution >= 0.6 is 0 Å². The summed E-state index contributed by atoms with van der Waals surface area (Å²) >= 11 is 0. The minimum atomic E-state index is -0.540. The molecule has 3 N–H and O–H groups in total. The second-order valence-electron chi connectivity index (χ2n) is 4.87. The maximum absolute atomic E-state index is 11.9. The van der Waals surface area contributed by atoms with Crippen LogP contribution in [0.25, 0.3) is 11.3 Å². The highest BCUT2D eigenvalue weighted by molar-refractivity contribution is 5.56. The number of anilines is 1. The van der Waals surface area contributed by atoms with E-state index in [0.717, 1.165) is 5.56 Å². The lowest BCUT2D eigenvalue weighted by Crippen LogP contribution is -2.33. The molecule has 0 unspecified atom stereocenters. The van der Waals surface area contributed by atoms with Crippen molar-refractivity contribution in [2.75, 3.05) is 5.73 Å². The van der Waals surface area contributed by atoms with Gasteiger partial charge < -0.3 is 5.73 Å². The van der Waals surface area contributed by atoms with Crippen LogP contribution in [0.5, 0.6) is 0 Å². The third kappa shape index (κ3) is 2.80. The molecule has 3 aromatic rings. The number of benzene rings is 2. The minimum absolute atomic E-state index is 0.218. The molecule has 1 aromatic heterocycles. The fourth-order valence-corrected chi connectivity index (χ4v) is 2.12. The van der Waals surface area contributed by atoms with Gasteiger partial charge in [0.05, 0.1) is 6.54 Å². The first-order valence-electron chi connectivity index (χ1n) is 6.75. The zero-order valence-corrected chi connectivity index (χ0v) is 11.7. The Hall–Kier alpha value is -3.15. The molecule has 22 heavy (non-hydrogen) atoms. The molecule has 0 radical (unpaired) electrons. The van der Waals surface area contributed by atoms with Crippen molar-refractivity contribution in [2.45, 2.75) is 6.54 Å². The Balaban J connectivity index is 2.03. The first-order valence-corrected chi connectivity index (χ1v) is 6.75. The SMILES string of the molecule is Nc1ccc(Cn2nc(-c3ccccc3)c(=O)[nH]c2=O)cc1. The maximum Gasteiger partial charge on any atom is 0.345 e. The Bertz CT molecular complexity index is 896. The van der Waals surface area contributed by atoms with E-state index in [1.165, 1.54) is 4.68 Å². The van der Waals surface area contributed by atoms with Gasteiger partial charge in [-0.2, -0.15) is 5.10 Å². The summed E-state index contributed by atoms with van der Waals surface area (Å²) < 4.78 is 1.23. The van der Waals surface area contributed by atoms with Gasteiger partial charge in [0.2, 0.25) is 0 Å². The third-order valence-corrected chi connectivity index (χ3v) is 3.25. The molecule has 0 saturated carbocycles. The Morgan fingerprint density at radius 1 is 1.00 bits per heavy atom. The van der Waals surface area contributed by atoms with Crippen molar-refractivity contribution >= 4 is 5.69 Å². The van der Waals surface area contributed by atoms with Gasteiger partial charge in [0.15, 0.2) is 5.69 Å². The monoisotopic (exact) mass is 294 g/mol. The lowest BCUT2D eigenvalue weighted by molar-refractivity contribution is 0.612. The number of aromatic nitrogens is 3. The third-order valence-electron chi connectivity index (χ3n) is 3.25. The molecule has 0 bridgehead atoms. The van der Waals surface area contributed by atoms with Crippen LogP contribution in [0, 0.1) is 0 Å². The predicted molar refractivity (Wildman–Crippen MR) is 84.5 cm³/mol. The van der Waals surface area contributed by atoms with Crippen molar-refractivity contribution in [3.63, 3.8) is 0 Å². The van der Waals surface area contributed by atoms with Gasteiger partial charge in [0.1, 0.15) is 0 Å². The lowest BCUT2D eigenvalue weighted by atomic mass is 10.2. The van der Waals surface area contributed by atoms with Crippen LogP contribution in [0.1, 0.15) is 5.56 Å². The molecule has 1 heterocycles. The number of H-pyrrole nitrogens is 1. The van der Waals surface area contributed by atoms with Crippen molar-refractivity contribution < 1.29 is 0 Å². The highest BCUT2D eigenvalue weighted by Crippen LogP contribution is 2.11. The molecule has 0 spiro atoms. The zero-order valence-electron chi connectivity index (χ0n) is 11.7. The number of nitrogen functional groups attached to an aromatic ring is 1. The second kappa shape index (κ2) is 5.69. The summed E-state index contributed by atoms with van der Waals surface area (Å²) in [5.74, 6) is 0. The molecule has 0 atom stereocenters. The minimum Gasteiger partial charge on any atom is -0.399 e. The Labute approximate surface area is 125 Å². The Kier molecular flexibility index (Phi) is 3.57. The molecule has 0 aliphatic carbocycles. The summed E-state index contributed by atoms with van der Waals surface area (Å²) in [6.07, 6.45) is 0. The molecular weight excluding hydrogens is 280 g/mol. The highest BCUT2D eigenvalue weighted by Gasteiger charge is 2.09. The van der Waals surface area contributed by atoms with Gasteiger partial charge in [-0.1, -0.05) is 42.5 Å². The predicted octanol–water partition coefficient (Wildman–Crippen LogP) is 1.23. The van der Waals surface area contributed by atoms with Crippen LogP contribution < -0.4 is 17.0 Å². The van der Waals surface area contributed by atoms with Crippen molar-refractivity contribution in [3.05, 3.63) is 81.0 Å². The quantitative estimate of drug-likeness (QED) is 0.710. The number of hydrogen-bond donors (Lipinski definition) is 2. The van der Waals surface area contributed by atoms with Gasteiger partial charge >= 0.3 is 5.69 Å². The van der Waals surface area contributed by atoms with Crippen molar-refractivity contribution in [2.24, 2.45) is 0 Å². The number of nitrogens with one attached hydrogen (secondary N) is 1. The fourth-order valence-electron chi connectivity index (χ4n) is 2.12. The van der Waals surface area contributed by atoms with Crippen molar-refractivity contribution in [3.8, 4) is 11.3 Å². The molecule has 0 saturated heterocycles. The van der Waals surface area contributed by atoms with Crippen LogP contribution in [0.4, 0.5) is 5.69 Å². The van der Waals surface area contributed by atoms with E-state index in [9.17, 15) is 9.59 Å². The largest absolute Gasteiger partial charge is 0.399 e. The average molecular weight is 294 g/mol. The summed E-state index contributed by atoms with van der Waals surface area (Å²) in [7, 11) is 0. The van der Waals surface area contributed by atoms with E-state index in [1.54, 1.807) is 24.3 Å². The van der Waals surface area contributed by atoms with Gasteiger partial charge in [-0.3, -0.25) is 9.78 Å².